The van der Waals surface area contributed by atoms with E-state index in [2.05, 4.69) is 30.2 Å². The fraction of sp³-hybridized carbons (Fsp3) is 0.526. The Labute approximate surface area is 165 Å². The number of rotatable bonds is 6. The molecule has 1 aromatic carbocycles. The van der Waals surface area contributed by atoms with Gasteiger partial charge in [-0.1, -0.05) is 5.16 Å². The molecule has 0 spiro atoms. The highest BCUT2D eigenvalue weighted by Gasteiger charge is 2.21. The summed E-state index contributed by atoms with van der Waals surface area (Å²) in [7, 11) is 5.17. The molecule has 0 aliphatic carbocycles. The number of nitrogens with one attached hydrogen (secondary N) is 1. The zero-order valence-corrected chi connectivity index (χ0v) is 16.9. The highest BCUT2D eigenvalue weighted by molar-refractivity contribution is 5.79. The number of aliphatic imine (C=N–C) groups is 1. The SMILES string of the molecule is CN=C(NCc1noc(C)n1)N1CCN(Cc2cc(OC)ccc2OC)CC1. The van der Waals surface area contributed by atoms with Gasteiger partial charge in [-0.05, 0) is 18.2 Å². The van der Waals surface area contributed by atoms with Crippen LogP contribution in [0.4, 0.5) is 0 Å². The van der Waals surface area contributed by atoms with E-state index in [0.717, 1.165) is 55.7 Å². The van der Waals surface area contributed by atoms with Gasteiger partial charge in [0.2, 0.25) is 5.89 Å². The number of hydrogen-bond acceptors (Lipinski definition) is 7. The number of nitrogens with zero attached hydrogens (tertiary/aromatic N) is 5. The summed E-state index contributed by atoms with van der Waals surface area (Å²) in [6.07, 6.45) is 0. The van der Waals surface area contributed by atoms with Crippen molar-refractivity contribution in [1.82, 2.24) is 25.3 Å². The molecule has 9 heteroatoms. The standard InChI is InChI=1S/C19H28N6O3/c1-14-22-18(23-28-14)12-21-19(20-2)25-9-7-24(8-10-25)13-15-11-16(26-3)5-6-17(15)27-4/h5-6,11H,7-10,12-13H2,1-4H3,(H,20,21). The Morgan fingerprint density at radius 3 is 2.61 bits per heavy atom. The average molecular weight is 388 g/mol. The van der Waals surface area contributed by atoms with E-state index in [1.54, 1.807) is 28.2 Å². The second-order valence-electron chi connectivity index (χ2n) is 6.57. The third-order valence-electron chi connectivity index (χ3n) is 4.74. The van der Waals surface area contributed by atoms with E-state index in [0.29, 0.717) is 18.3 Å². The smallest absolute Gasteiger partial charge is 0.223 e. The van der Waals surface area contributed by atoms with Crippen LogP contribution in [0.2, 0.25) is 0 Å². The molecule has 0 radical (unpaired) electrons. The normalized spacial score (nSPS) is 15.6. The van der Waals surface area contributed by atoms with Crippen LogP contribution in [0.3, 0.4) is 0 Å². The predicted octanol–water partition coefficient (Wildman–Crippen LogP) is 1.29. The monoisotopic (exact) mass is 388 g/mol. The van der Waals surface area contributed by atoms with Crippen molar-refractivity contribution < 1.29 is 14.0 Å². The van der Waals surface area contributed by atoms with Gasteiger partial charge in [0.15, 0.2) is 11.8 Å². The molecule has 0 amide bonds. The lowest BCUT2D eigenvalue weighted by molar-refractivity contribution is 0.171. The number of piperazine rings is 1. The second kappa shape index (κ2) is 9.41. The van der Waals surface area contributed by atoms with E-state index >= 15 is 0 Å². The van der Waals surface area contributed by atoms with Crippen molar-refractivity contribution in [2.45, 2.75) is 20.0 Å². The van der Waals surface area contributed by atoms with E-state index in [9.17, 15) is 0 Å². The van der Waals surface area contributed by atoms with Crippen LogP contribution in [0.1, 0.15) is 17.3 Å². The van der Waals surface area contributed by atoms with Gasteiger partial charge in [-0.3, -0.25) is 9.89 Å². The van der Waals surface area contributed by atoms with Gasteiger partial charge in [-0.25, -0.2) is 0 Å². The number of aromatic nitrogens is 2. The van der Waals surface area contributed by atoms with Crippen LogP contribution in [-0.2, 0) is 13.1 Å². The fourth-order valence-electron chi connectivity index (χ4n) is 3.27. The summed E-state index contributed by atoms with van der Waals surface area (Å²) in [6.45, 7) is 6.73. The van der Waals surface area contributed by atoms with Gasteiger partial charge in [0.1, 0.15) is 11.5 Å². The summed E-state index contributed by atoms with van der Waals surface area (Å²) >= 11 is 0. The fourth-order valence-corrected chi connectivity index (χ4v) is 3.27. The molecular formula is C19H28N6O3. The molecule has 0 unspecified atom stereocenters. The lowest BCUT2D eigenvalue weighted by atomic mass is 10.1. The van der Waals surface area contributed by atoms with Gasteiger partial charge >= 0.3 is 0 Å². The van der Waals surface area contributed by atoms with Gasteiger partial charge in [0.25, 0.3) is 0 Å². The molecule has 1 fully saturated rings. The lowest BCUT2D eigenvalue weighted by Gasteiger charge is -2.36. The van der Waals surface area contributed by atoms with Crippen LogP contribution < -0.4 is 14.8 Å². The minimum atomic E-state index is 0.491. The number of benzene rings is 1. The molecule has 1 aromatic heterocycles. The van der Waals surface area contributed by atoms with E-state index < -0.39 is 0 Å². The molecule has 0 bridgehead atoms. The second-order valence-corrected chi connectivity index (χ2v) is 6.57. The summed E-state index contributed by atoms with van der Waals surface area (Å²) in [6, 6.07) is 5.91. The highest BCUT2D eigenvalue weighted by atomic mass is 16.5. The Kier molecular flexibility index (Phi) is 6.70. The van der Waals surface area contributed by atoms with Gasteiger partial charge in [0, 0.05) is 52.3 Å². The van der Waals surface area contributed by atoms with Crippen LogP contribution >= 0.6 is 0 Å². The third-order valence-corrected chi connectivity index (χ3v) is 4.74. The Morgan fingerprint density at radius 1 is 1.21 bits per heavy atom. The number of hydrogen-bond donors (Lipinski definition) is 1. The number of guanidine groups is 1. The van der Waals surface area contributed by atoms with Crippen molar-refractivity contribution in [2.75, 3.05) is 47.4 Å². The van der Waals surface area contributed by atoms with Gasteiger partial charge in [0.05, 0.1) is 20.8 Å². The van der Waals surface area contributed by atoms with E-state index in [1.165, 1.54) is 0 Å². The van der Waals surface area contributed by atoms with Gasteiger partial charge in [-0.15, -0.1) is 0 Å². The summed E-state index contributed by atoms with van der Waals surface area (Å²) in [4.78, 5) is 13.2. The van der Waals surface area contributed by atoms with Crippen molar-refractivity contribution in [3.05, 3.63) is 35.5 Å². The summed E-state index contributed by atoms with van der Waals surface area (Å²) < 4.78 is 15.8. The van der Waals surface area contributed by atoms with Crippen LogP contribution in [-0.4, -0.2) is 73.3 Å². The molecule has 9 nitrogen and oxygen atoms in total. The predicted molar refractivity (Wildman–Crippen MR) is 106 cm³/mol. The Balaban J connectivity index is 1.53. The van der Waals surface area contributed by atoms with E-state index in [-0.39, 0.29) is 0 Å². The van der Waals surface area contributed by atoms with Gasteiger partial charge < -0.3 is 24.2 Å². The molecule has 0 saturated carbocycles. The molecule has 2 aromatic rings. The van der Waals surface area contributed by atoms with Gasteiger partial charge in [-0.2, -0.15) is 4.98 Å². The molecular weight excluding hydrogens is 360 g/mol. The lowest BCUT2D eigenvalue weighted by Crippen LogP contribution is -2.52. The topological polar surface area (TPSA) is 88.2 Å². The maximum atomic E-state index is 5.50. The molecule has 152 valence electrons. The number of methoxy groups -OCH3 is 2. The Bertz CT molecular complexity index is 799. The molecule has 3 rings (SSSR count). The van der Waals surface area contributed by atoms with Crippen molar-refractivity contribution >= 4 is 5.96 Å². The number of aryl methyl sites for hydroxylation is 1. The summed E-state index contributed by atoms with van der Waals surface area (Å²) in [5.41, 5.74) is 1.13. The van der Waals surface area contributed by atoms with Crippen LogP contribution in [0.15, 0.2) is 27.7 Å². The van der Waals surface area contributed by atoms with Crippen LogP contribution in [0, 0.1) is 6.92 Å². The minimum Gasteiger partial charge on any atom is -0.497 e. The first-order valence-corrected chi connectivity index (χ1v) is 9.31. The van der Waals surface area contributed by atoms with Crippen molar-refractivity contribution in [3.8, 4) is 11.5 Å². The maximum Gasteiger partial charge on any atom is 0.223 e. The zero-order chi connectivity index (χ0) is 19.9. The average Bonchev–Trinajstić information content (AvgIpc) is 3.14. The Morgan fingerprint density at radius 2 is 2.00 bits per heavy atom. The van der Waals surface area contributed by atoms with E-state index in [4.69, 9.17) is 14.0 Å². The molecule has 1 N–H and O–H groups in total. The quantitative estimate of drug-likeness (QED) is 0.585. The first kappa shape index (κ1) is 19.9. The molecule has 2 heterocycles. The molecule has 1 saturated heterocycles. The molecule has 1 aliphatic heterocycles. The van der Waals surface area contributed by atoms with E-state index in [1.807, 2.05) is 18.2 Å². The number of ether oxygens (including phenoxy) is 2. The third kappa shape index (κ3) is 4.92. The largest absolute Gasteiger partial charge is 0.497 e. The van der Waals surface area contributed by atoms with Crippen LogP contribution in [0.25, 0.3) is 0 Å². The summed E-state index contributed by atoms with van der Waals surface area (Å²) in [5.74, 6) is 3.77. The van der Waals surface area contributed by atoms with Crippen molar-refractivity contribution in [2.24, 2.45) is 4.99 Å². The molecule has 1 aliphatic rings. The minimum absolute atomic E-state index is 0.491. The van der Waals surface area contributed by atoms with Crippen LogP contribution in [0.5, 0.6) is 11.5 Å². The first-order chi connectivity index (χ1) is 13.6. The molecule has 0 atom stereocenters. The first-order valence-electron chi connectivity index (χ1n) is 9.31. The van der Waals surface area contributed by atoms with Crippen molar-refractivity contribution in [1.29, 1.82) is 0 Å². The Hall–Kier alpha value is -2.81. The zero-order valence-electron chi connectivity index (χ0n) is 16.9. The van der Waals surface area contributed by atoms with Crippen molar-refractivity contribution in [3.63, 3.8) is 0 Å². The maximum absolute atomic E-state index is 5.50. The summed E-state index contributed by atoms with van der Waals surface area (Å²) in [5, 5.41) is 7.21. The molecule has 28 heavy (non-hydrogen) atoms. The highest BCUT2D eigenvalue weighted by Crippen LogP contribution is 2.25.